The Kier molecular flexibility index (Phi) is 2.92. The molecule has 2 rings (SSSR count). The van der Waals surface area contributed by atoms with E-state index in [9.17, 15) is 4.79 Å². The predicted molar refractivity (Wildman–Crippen MR) is 54.4 cm³/mol. The van der Waals surface area contributed by atoms with E-state index in [1.54, 1.807) is 13.0 Å². The SMILES string of the molecule is COCc1nc(-c2cc(C)no2)oc1C(=O)O. The molecule has 0 atom stereocenters. The summed E-state index contributed by atoms with van der Waals surface area (Å²) in [6.45, 7) is 1.79. The Hall–Kier alpha value is -2.15. The number of carboxylic acid groups (broad SMARTS) is 1. The fraction of sp³-hybridized carbons (Fsp3) is 0.300. The maximum absolute atomic E-state index is 10.9. The highest BCUT2D eigenvalue weighted by atomic mass is 16.5. The first-order valence-electron chi connectivity index (χ1n) is 4.77. The second kappa shape index (κ2) is 4.38. The highest BCUT2D eigenvalue weighted by molar-refractivity contribution is 5.86. The van der Waals surface area contributed by atoms with Crippen LogP contribution in [0, 0.1) is 6.92 Å². The van der Waals surface area contributed by atoms with Crippen LogP contribution in [-0.4, -0.2) is 28.3 Å². The van der Waals surface area contributed by atoms with Gasteiger partial charge in [0.05, 0.1) is 12.3 Å². The largest absolute Gasteiger partial charge is 0.475 e. The molecule has 0 bridgehead atoms. The number of methoxy groups -OCH3 is 1. The Labute approximate surface area is 96.0 Å². The third-order valence-electron chi connectivity index (χ3n) is 2.01. The van der Waals surface area contributed by atoms with Crippen LogP contribution in [0.4, 0.5) is 0 Å². The van der Waals surface area contributed by atoms with E-state index >= 15 is 0 Å². The van der Waals surface area contributed by atoms with Crippen molar-refractivity contribution in [2.45, 2.75) is 13.5 Å². The van der Waals surface area contributed by atoms with Crippen molar-refractivity contribution in [3.63, 3.8) is 0 Å². The van der Waals surface area contributed by atoms with E-state index in [1.807, 2.05) is 0 Å². The highest BCUT2D eigenvalue weighted by Gasteiger charge is 2.22. The van der Waals surface area contributed by atoms with E-state index in [4.69, 9.17) is 18.8 Å². The van der Waals surface area contributed by atoms with Gasteiger partial charge in [0, 0.05) is 13.2 Å². The van der Waals surface area contributed by atoms with Crippen molar-refractivity contribution in [3.05, 3.63) is 23.2 Å². The quantitative estimate of drug-likeness (QED) is 0.861. The molecule has 90 valence electrons. The second-order valence-corrected chi connectivity index (χ2v) is 3.37. The number of aromatic carboxylic acids is 1. The van der Waals surface area contributed by atoms with Gasteiger partial charge in [-0.15, -0.1) is 0 Å². The van der Waals surface area contributed by atoms with Crippen molar-refractivity contribution in [2.24, 2.45) is 0 Å². The third kappa shape index (κ3) is 2.18. The number of aromatic nitrogens is 2. The first kappa shape index (κ1) is 11.3. The lowest BCUT2D eigenvalue weighted by atomic mass is 10.3. The van der Waals surface area contributed by atoms with Crippen molar-refractivity contribution in [1.29, 1.82) is 0 Å². The molecule has 0 aliphatic carbocycles. The first-order chi connectivity index (χ1) is 8.11. The van der Waals surface area contributed by atoms with E-state index < -0.39 is 5.97 Å². The highest BCUT2D eigenvalue weighted by Crippen LogP contribution is 2.23. The average Bonchev–Trinajstić information content (AvgIpc) is 2.85. The summed E-state index contributed by atoms with van der Waals surface area (Å²) >= 11 is 0. The maximum atomic E-state index is 10.9. The van der Waals surface area contributed by atoms with Crippen LogP contribution in [0.1, 0.15) is 21.9 Å². The van der Waals surface area contributed by atoms with Crippen LogP contribution >= 0.6 is 0 Å². The van der Waals surface area contributed by atoms with Gasteiger partial charge in [-0.05, 0) is 6.92 Å². The van der Waals surface area contributed by atoms with Gasteiger partial charge in [0.2, 0.25) is 11.5 Å². The fourth-order valence-electron chi connectivity index (χ4n) is 1.32. The van der Waals surface area contributed by atoms with E-state index in [0.717, 1.165) is 0 Å². The summed E-state index contributed by atoms with van der Waals surface area (Å²) in [5.41, 5.74) is 0.868. The summed E-state index contributed by atoms with van der Waals surface area (Å²) in [7, 11) is 1.44. The number of rotatable bonds is 4. The molecule has 0 amide bonds. The molecule has 0 spiro atoms. The van der Waals surface area contributed by atoms with Gasteiger partial charge in [-0.1, -0.05) is 5.16 Å². The van der Waals surface area contributed by atoms with E-state index in [2.05, 4.69) is 10.1 Å². The Balaban J connectivity index is 2.43. The van der Waals surface area contributed by atoms with Crippen LogP contribution in [0.25, 0.3) is 11.7 Å². The van der Waals surface area contributed by atoms with Gasteiger partial charge in [0.15, 0.2) is 0 Å². The van der Waals surface area contributed by atoms with Gasteiger partial charge in [-0.2, -0.15) is 0 Å². The lowest BCUT2D eigenvalue weighted by Gasteiger charge is -1.92. The third-order valence-corrected chi connectivity index (χ3v) is 2.01. The van der Waals surface area contributed by atoms with E-state index in [0.29, 0.717) is 5.69 Å². The molecule has 0 saturated heterocycles. The van der Waals surface area contributed by atoms with Gasteiger partial charge in [0.25, 0.3) is 5.89 Å². The van der Waals surface area contributed by atoms with Gasteiger partial charge >= 0.3 is 5.97 Å². The maximum Gasteiger partial charge on any atom is 0.373 e. The molecule has 0 fully saturated rings. The number of nitrogens with zero attached hydrogens (tertiary/aromatic N) is 2. The zero-order valence-electron chi connectivity index (χ0n) is 9.26. The lowest BCUT2D eigenvalue weighted by Crippen LogP contribution is -2.00. The molecule has 0 aromatic carbocycles. The molecule has 2 aromatic heterocycles. The lowest BCUT2D eigenvalue weighted by molar-refractivity contribution is 0.0656. The van der Waals surface area contributed by atoms with Crippen molar-refractivity contribution in [1.82, 2.24) is 10.1 Å². The normalized spacial score (nSPS) is 10.7. The second-order valence-electron chi connectivity index (χ2n) is 3.37. The summed E-state index contributed by atoms with van der Waals surface area (Å²) < 4.78 is 14.9. The summed E-state index contributed by atoms with van der Waals surface area (Å²) in [5.74, 6) is -1.09. The number of hydrogen-bond donors (Lipinski definition) is 1. The van der Waals surface area contributed by atoms with Gasteiger partial charge in [0.1, 0.15) is 5.69 Å². The van der Waals surface area contributed by atoms with Gasteiger partial charge in [-0.25, -0.2) is 9.78 Å². The minimum Gasteiger partial charge on any atom is -0.475 e. The molecule has 0 aliphatic heterocycles. The molecule has 2 aromatic rings. The minimum atomic E-state index is -1.20. The van der Waals surface area contributed by atoms with E-state index in [1.165, 1.54) is 7.11 Å². The minimum absolute atomic E-state index is 0.0538. The van der Waals surface area contributed by atoms with Crippen molar-refractivity contribution >= 4 is 5.97 Å². The number of carboxylic acids is 1. The van der Waals surface area contributed by atoms with Crippen molar-refractivity contribution in [3.8, 4) is 11.7 Å². The zero-order chi connectivity index (χ0) is 12.4. The molecular weight excluding hydrogens is 228 g/mol. The van der Waals surface area contributed by atoms with Crippen LogP contribution in [0.3, 0.4) is 0 Å². The van der Waals surface area contributed by atoms with Crippen LogP contribution < -0.4 is 0 Å². The smallest absolute Gasteiger partial charge is 0.373 e. The molecule has 0 radical (unpaired) electrons. The number of oxazole rings is 1. The van der Waals surface area contributed by atoms with Crippen LogP contribution in [0.5, 0.6) is 0 Å². The Morgan fingerprint density at radius 2 is 2.35 bits per heavy atom. The van der Waals surface area contributed by atoms with Crippen LogP contribution in [-0.2, 0) is 11.3 Å². The zero-order valence-corrected chi connectivity index (χ0v) is 9.26. The summed E-state index contributed by atoms with van der Waals surface area (Å²) in [6.07, 6.45) is 0. The molecule has 7 heteroatoms. The Bertz CT molecular complexity index is 543. The molecule has 0 aliphatic rings. The summed E-state index contributed by atoms with van der Waals surface area (Å²) in [5, 5.41) is 12.6. The fourth-order valence-corrected chi connectivity index (χ4v) is 1.32. The Morgan fingerprint density at radius 3 is 2.88 bits per heavy atom. The molecular formula is C10H10N2O5. The number of aryl methyl sites for hydroxylation is 1. The number of ether oxygens (including phenoxy) is 1. The van der Waals surface area contributed by atoms with Gasteiger partial charge in [-0.3, -0.25) is 0 Å². The molecule has 1 N–H and O–H groups in total. The topological polar surface area (TPSA) is 98.6 Å². The van der Waals surface area contributed by atoms with Crippen molar-refractivity contribution < 1.29 is 23.6 Å². The number of hydrogen-bond acceptors (Lipinski definition) is 6. The summed E-state index contributed by atoms with van der Waals surface area (Å²) in [4.78, 5) is 14.9. The molecule has 0 saturated carbocycles. The first-order valence-corrected chi connectivity index (χ1v) is 4.77. The molecule has 7 nitrogen and oxygen atoms in total. The van der Waals surface area contributed by atoms with E-state index in [-0.39, 0.29) is 29.7 Å². The molecule has 0 unspecified atom stereocenters. The van der Waals surface area contributed by atoms with Crippen LogP contribution in [0.15, 0.2) is 15.0 Å². The van der Waals surface area contributed by atoms with Crippen molar-refractivity contribution in [2.75, 3.05) is 7.11 Å². The van der Waals surface area contributed by atoms with Gasteiger partial charge < -0.3 is 18.8 Å². The average molecular weight is 238 g/mol. The molecule has 2 heterocycles. The number of carbonyl (C=O) groups is 1. The monoisotopic (exact) mass is 238 g/mol. The Morgan fingerprint density at radius 1 is 1.59 bits per heavy atom. The summed E-state index contributed by atoms with van der Waals surface area (Å²) in [6, 6.07) is 1.61. The predicted octanol–water partition coefficient (Wildman–Crippen LogP) is 1.48. The molecule has 17 heavy (non-hydrogen) atoms. The van der Waals surface area contributed by atoms with Crippen LogP contribution in [0.2, 0.25) is 0 Å². The standard InChI is InChI=1S/C10H10N2O5/c1-5-3-7(17-12-5)9-11-6(4-15-2)8(16-9)10(13)14/h3H,4H2,1-2H3,(H,13,14).